The molecule has 0 aliphatic heterocycles. The van der Waals surface area contributed by atoms with Crippen molar-refractivity contribution in [3.63, 3.8) is 0 Å². The Balaban J connectivity index is 1.81. The number of carbonyl (C=O) groups is 1. The van der Waals surface area contributed by atoms with Crippen molar-refractivity contribution in [3.05, 3.63) is 69.3 Å². The number of halogens is 1. The molecule has 1 N–H and O–H groups in total. The molecular formula is C18H14BrNO. The van der Waals surface area contributed by atoms with Crippen LogP contribution >= 0.6 is 15.9 Å². The van der Waals surface area contributed by atoms with E-state index in [1.165, 1.54) is 17.5 Å². The largest absolute Gasteiger partial charge is 0.360 e. The molecule has 1 aliphatic rings. The predicted molar refractivity (Wildman–Crippen MR) is 87.9 cm³/mol. The lowest BCUT2D eigenvalue weighted by Gasteiger charge is -2.04. The van der Waals surface area contributed by atoms with Gasteiger partial charge < -0.3 is 4.98 Å². The monoisotopic (exact) mass is 339 g/mol. The van der Waals surface area contributed by atoms with Crippen LogP contribution in [0.1, 0.15) is 33.5 Å². The van der Waals surface area contributed by atoms with Crippen LogP contribution in [0.5, 0.6) is 0 Å². The molecule has 1 heterocycles. The molecule has 0 saturated carbocycles. The third-order valence-electron chi connectivity index (χ3n) is 4.25. The first kappa shape index (κ1) is 12.8. The summed E-state index contributed by atoms with van der Waals surface area (Å²) in [5, 5.41) is 0.967. The van der Waals surface area contributed by atoms with Gasteiger partial charge in [0, 0.05) is 32.7 Å². The van der Waals surface area contributed by atoms with Crippen LogP contribution in [0.25, 0.3) is 10.9 Å². The zero-order valence-electron chi connectivity index (χ0n) is 11.4. The van der Waals surface area contributed by atoms with Gasteiger partial charge in [-0.1, -0.05) is 28.1 Å². The minimum absolute atomic E-state index is 0.0917. The fraction of sp³-hybridized carbons (Fsp3) is 0.167. The number of fused-ring (bicyclic) bond motifs is 2. The van der Waals surface area contributed by atoms with Gasteiger partial charge in [-0.15, -0.1) is 0 Å². The molecule has 1 aromatic heterocycles. The van der Waals surface area contributed by atoms with Crippen molar-refractivity contribution >= 4 is 32.6 Å². The molecule has 0 unspecified atom stereocenters. The Hall–Kier alpha value is -1.87. The molecule has 1 aliphatic carbocycles. The Morgan fingerprint density at radius 3 is 2.81 bits per heavy atom. The van der Waals surface area contributed by atoms with E-state index in [2.05, 4.69) is 33.0 Å². The van der Waals surface area contributed by atoms with Crippen LogP contribution in [0, 0.1) is 0 Å². The minimum atomic E-state index is 0.0917. The van der Waals surface area contributed by atoms with Crippen LogP contribution in [0.2, 0.25) is 0 Å². The molecule has 2 nitrogen and oxygen atoms in total. The van der Waals surface area contributed by atoms with Crippen molar-refractivity contribution in [3.8, 4) is 0 Å². The third kappa shape index (κ3) is 2.12. The van der Waals surface area contributed by atoms with Gasteiger partial charge in [-0.2, -0.15) is 0 Å². The number of aromatic nitrogens is 1. The molecule has 0 fully saturated rings. The number of hydrogen-bond acceptors (Lipinski definition) is 1. The highest BCUT2D eigenvalue weighted by molar-refractivity contribution is 9.10. The maximum absolute atomic E-state index is 12.8. The first-order valence-electron chi connectivity index (χ1n) is 7.15. The molecule has 0 atom stereocenters. The number of H-pyrrole nitrogens is 1. The lowest BCUT2D eigenvalue weighted by atomic mass is 9.99. The first-order valence-corrected chi connectivity index (χ1v) is 7.95. The van der Waals surface area contributed by atoms with E-state index in [-0.39, 0.29) is 5.78 Å². The summed E-state index contributed by atoms with van der Waals surface area (Å²) in [6, 6.07) is 12.1. The Morgan fingerprint density at radius 2 is 1.90 bits per heavy atom. The molecule has 0 saturated heterocycles. The van der Waals surface area contributed by atoms with Gasteiger partial charge in [-0.3, -0.25) is 4.79 Å². The number of ketones is 1. The van der Waals surface area contributed by atoms with Crippen molar-refractivity contribution < 1.29 is 4.79 Å². The van der Waals surface area contributed by atoms with Crippen LogP contribution in [-0.4, -0.2) is 10.8 Å². The maximum Gasteiger partial charge on any atom is 0.195 e. The molecule has 0 spiro atoms. The Labute approximate surface area is 131 Å². The van der Waals surface area contributed by atoms with E-state index in [4.69, 9.17) is 0 Å². The fourth-order valence-electron chi connectivity index (χ4n) is 3.15. The van der Waals surface area contributed by atoms with Crippen molar-refractivity contribution in [2.24, 2.45) is 0 Å². The summed E-state index contributed by atoms with van der Waals surface area (Å²) in [5.74, 6) is 0.0917. The summed E-state index contributed by atoms with van der Waals surface area (Å²) < 4.78 is 0.984. The van der Waals surface area contributed by atoms with Gasteiger partial charge in [0.15, 0.2) is 5.78 Å². The maximum atomic E-state index is 12.8. The highest BCUT2D eigenvalue weighted by Crippen LogP contribution is 2.27. The Kier molecular flexibility index (Phi) is 2.96. The molecular weight excluding hydrogens is 326 g/mol. The number of benzene rings is 2. The number of rotatable bonds is 2. The first-order chi connectivity index (χ1) is 10.2. The lowest BCUT2D eigenvalue weighted by molar-refractivity contribution is 0.104. The van der Waals surface area contributed by atoms with Crippen molar-refractivity contribution in [1.29, 1.82) is 0 Å². The Morgan fingerprint density at radius 1 is 1.05 bits per heavy atom. The standard InChI is InChI=1S/C18H14BrNO/c19-14-6-7-17-15(9-14)16(10-20-17)18(21)13-5-4-11-2-1-3-12(11)8-13/h4-10,20H,1-3H2. The van der Waals surface area contributed by atoms with Gasteiger partial charge in [-0.25, -0.2) is 0 Å². The number of aromatic amines is 1. The van der Waals surface area contributed by atoms with E-state index in [9.17, 15) is 4.79 Å². The van der Waals surface area contributed by atoms with E-state index in [1.54, 1.807) is 0 Å². The number of hydrogen-bond donors (Lipinski definition) is 1. The SMILES string of the molecule is O=C(c1ccc2c(c1)CCC2)c1c[nH]c2ccc(Br)cc12. The quantitative estimate of drug-likeness (QED) is 0.677. The average molecular weight is 340 g/mol. The highest BCUT2D eigenvalue weighted by atomic mass is 79.9. The second-order valence-corrected chi connectivity index (χ2v) is 6.47. The minimum Gasteiger partial charge on any atom is -0.360 e. The highest BCUT2D eigenvalue weighted by Gasteiger charge is 2.17. The Bertz CT molecular complexity index is 863. The van der Waals surface area contributed by atoms with Crippen LogP contribution in [0.4, 0.5) is 0 Å². The summed E-state index contributed by atoms with van der Waals surface area (Å²) >= 11 is 3.47. The van der Waals surface area contributed by atoms with Gasteiger partial charge in [0.25, 0.3) is 0 Å². The van der Waals surface area contributed by atoms with E-state index in [1.807, 2.05) is 30.5 Å². The molecule has 3 aromatic rings. The molecule has 0 radical (unpaired) electrons. The molecule has 0 amide bonds. The van der Waals surface area contributed by atoms with Gasteiger partial charge in [0.1, 0.15) is 0 Å². The smallest absolute Gasteiger partial charge is 0.195 e. The number of nitrogens with one attached hydrogen (secondary N) is 1. The topological polar surface area (TPSA) is 32.9 Å². The van der Waals surface area contributed by atoms with Gasteiger partial charge in [0.05, 0.1) is 0 Å². The fourth-order valence-corrected chi connectivity index (χ4v) is 3.51. The average Bonchev–Trinajstić information content (AvgIpc) is 3.11. The third-order valence-corrected chi connectivity index (χ3v) is 4.74. The normalized spacial score (nSPS) is 13.6. The van der Waals surface area contributed by atoms with Crippen molar-refractivity contribution in [2.45, 2.75) is 19.3 Å². The van der Waals surface area contributed by atoms with Crippen molar-refractivity contribution in [1.82, 2.24) is 4.98 Å². The summed E-state index contributed by atoms with van der Waals surface area (Å²) in [6.45, 7) is 0. The molecule has 0 bridgehead atoms. The van der Waals surface area contributed by atoms with Crippen LogP contribution in [0.3, 0.4) is 0 Å². The van der Waals surface area contributed by atoms with E-state index < -0.39 is 0 Å². The second-order valence-electron chi connectivity index (χ2n) is 5.56. The number of carbonyl (C=O) groups excluding carboxylic acids is 1. The van der Waals surface area contributed by atoms with Crippen LogP contribution < -0.4 is 0 Å². The summed E-state index contributed by atoms with van der Waals surface area (Å²) in [6.07, 6.45) is 5.25. The predicted octanol–water partition coefficient (Wildman–Crippen LogP) is 4.65. The van der Waals surface area contributed by atoms with E-state index in [0.717, 1.165) is 39.3 Å². The second kappa shape index (κ2) is 4.85. The van der Waals surface area contributed by atoms with E-state index >= 15 is 0 Å². The van der Waals surface area contributed by atoms with Crippen LogP contribution in [0.15, 0.2) is 47.1 Å². The van der Waals surface area contributed by atoms with Crippen LogP contribution in [-0.2, 0) is 12.8 Å². The molecule has 2 aromatic carbocycles. The zero-order valence-corrected chi connectivity index (χ0v) is 13.0. The summed E-state index contributed by atoms with van der Waals surface area (Å²) in [7, 11) is 0. The molecule has 3 heteroatoms. The zero-order chi connectivity index (χ0) is 14.4. The lowest BCUT2D eigenvalue weighted by Crippen LogP contribution is -2.01. The number of aryl methyl sites for hydroxylation is 2. The van der Waals surface area contributed by atoms with Crippen molar-refractivity contribution in [2.75, 3.05) is 0 Å². The molecule has 104 valence electrons. The van der Waals surface area contributed by atoms with E-state index in [0.29, 0.717) is 0 Å². The summed E-state index contributed by atoms with van der Waals surface area (Å²) in [5.41, 5.74) is 5.25. The summed E-state index contributed by atoms with van der Waals surface area (Å²) in [4.78, 5) is 16.0. The van der Waals surface area contributed by atoms with Gasteiger partial charge >= 0.3 is 0 Å². The van der Waals surface area contributed by atoms with Gasteiger partial charge in [0.2, 0.25) is 0 Å². The molecule has 21 heavy (non-hydrogen) atoms. The van der Waals surface area contributed by atoms with Gasteiger partial charge in [-0.05, 0) is 54.7 Å². The molecule has 4 rings (SSSR count).